The van der Waals surface area contributed by atoms with E-state index >= 15 is 0 Å². The van der Waals surface area contributed by atoms with Gasteiger partial charge in [0.15, 0.2) is 5.57 Å². The van der Waals surface area contributed by atoms with Crippen LogP contribution in [0.15, 0.2) is 18.0 Å². The van der Waals surface area contributed by atoms with Gasteiger partial charge in [-0.1, -0.05) is 0 Å². The largest absolute Gasteiger partial charge is 0.477 e. The smallest absolute Gasteiger partial charge is 0.351 e. The molecule has 0 amide bonds. The molecule has 0 radical (unpaired) electrons. The number of esters is 2. The topological polar surface area (TPSA) is 114 Å². The van der Waals surface area contributed by atoms with Crippen LogP contribution in [0.25, 0.3) is 5.70 Å². The molecule has 1 aliphatic heterocycles. The SMILES string of the molecule is CCOc1cncc(C(N)=C2C(=O)OC(C)(C)OC2=O)n1. The summed E-state index contributed by atoms with van der Waals surface area (Å²) in [6.45, 7) is 5.08. The zero-order valence-corrected chi connectivity index (χ0v) is 11.9. The van der Waals surface area contributed by atoms with Gasteiger partial charge in [-0.15, -0.1) is 0 Å². The van der Waals surface area contributed by atoms with Crippen LogP contribution >= 0.6 is 0 Å². The summed E-state index contributed by atoms with van der Waals surface area (Å²) in [5, 5.41) is 0. The van der Waals surface area contributed by atoms with Crippen molar-refractivity contribution in [3.63, 3.8) is 0 Å². The number of aromatic nitrogens is 2. The number of cyclic esters (lactones) is 2. The Balaban J connectivity index is 2.41. The summed E-state index contributed by atoms with van der Waals surface area (Å²) in [6.07, 6.45) is 2.71. The second kappa shape index (κ2) is 5.39. The second-order valence-electron chi connectivity index (χ2n) is 4.64. The average molecular weight is 293 g/mol. The van der Waals surface area contributed by atoms with Crippen molar-refractivity contribution in [1.29, 1.82) is 0 Å². The maximum absolute atomic E-state index is 11.9. The van der Waals surface area contributed by atoms with Gasteiger partial charge in [-0.05, 0) is 6.92 Å². The average Bonchev–Trinajstić information content (AvgIpc) is 2.37. The molecule has 2 rings (SSSR count). The summed E-state index contributed by atoms with van der Waals surface area (Å²) < 4.78 is 15.1. The Labute approximate surface area is 120 Å². The Hall–Kier alpha value is -2.64. The Kier molecular flexibility index (Phi) is 3.79. The first kappa shape index (κ1) is 14.8. The molecule has 112 valence electrons. The molecule has 1 aliphatic rings. The minimum absolute atomic E-state index is 0.129. The number of hydrogen-bond acceptors (Lipinski definition) is 8. The molecule has 8 nitrogen and oxygen atoms in total. The number of carbonyl (C=O) groups excluding carboxylic acids is 2. The van der Waals surface area contributed by atoms with Crippen molar-refractivity contribution >= 4 is 17.6 Å². The van der Waals surface area contributed by atoms with Gasteiger partial charge in [0, 0.05) is 13.8 Å². The van der Waals surface area contributed by atoms with Gasteiger partial charge in [0.2, 0.25) is 5.88 Å². The molecule has 0 spiro atoms. The van der Waals surface area contributed by atoms with E-state index in [9.17, 15) is 9.59 Å². The zero-order chi connectivity index (χ0) is 15.6. The van der Waals surface area contributed by atoms with Crippen molar-refractivity contribution < 1.29 is 23.8 Å². The van der Waals surface area contributed by atoms with E-state index in [1.807, 2.05) is 0 Å². The van der Waals surface area contributed by atoms with Crippen LogP contribution in [0.2, 0.25) is 0 Å². The molecule has 1 fully saturated rings. The highest BCUT2D eigenvalue weighted by atomic mass is 16.7. The van der Waals surface area contributed by atoms with E-state index in [0.717, 1.165) is 0 Å². The number of nitrogens with two attached hydrogens (primary N) is 1. The first-order valence-electron chi connectivity index (χ1n) is 6.25. The molecule has 2 heterocycles. The first-order chi connectivity index (χ1) is 9.84. The zero-order valence-electron chi connectivity index (χ0n) is 11.9. The highest BCUT2D eigenvalue weighted by molar-refractivity contribution is 6.20. The van der Waals surface area contributed by atoms with Crippen LogP contribution in [0.1, 0.15) is 26.5 Å². The number of nitrogens with zero attached hydrogens (tertiary/aromatic N) is 2. The fourth-order valence-corrected chi connectivity index (χ4v) is 1.70. The molecule has 1 aromatic rings. The lowest BCUT2D eigenvalue weighted by Crippen LogP contribution is -2.42. The second-order valence-corrected chi connectivity index (χ2v) is 4.64. The summed E-state index contributed by atoms with van der Waals surface area (Å²) >= 11 is 0. The normalized spacial score (nSPS) is 17.0. The lowest BCUT2D eigenvalue weighted by molar-refractivity contribution is -0.222. The van der Waals surface area contributed by atoms with Gasteiger partial charge in [-0.2, -0.15) is 0 Å². The number of rotatable bonds is 3. The summed E-state index contributed by atoms with van der Waals surface area (Å²) in [5.41, 5.74) is 5.38. The standard InChI is InChI=1S/C13H15N3O5/c1-4-19-8-6-15-5-7(16-8)10(14)9-11(17)20-13(2,3)21-12(9)18/h5-6H,4,14H2,1-3H3. The molecule has 0 aliphatic carbocycles. The molecule has 1 saturated heterocycles. The van der Waals surface area contributed by atoms with Gasteiger partial charge in [-0.3, -0.25) is 4.98 Å². The Bertz CT molecular complexity index is 602. The Morgan fingerprint density at radius 1 is 1.29 bits per heavy atom. The lowest BCUT2D eigenvalue weighted by Gasteiger charge is -2.30. The van der Waals surface area contributed by atoms with Crippen LogP contribution in [0.3, 0.4) is 0 Å². The van der Waals surface area contributed by atoms with E-state index < -0.39 is 23.3 Å². The van der Waals surface area contributed by atoms with Crippen LogP contribution in [0.4, 0.5) is 0 Å². The molecule has 0 atom stereocenters. The van der Waals surface area contributed by atoms with Crippen molar-refractivity contribution in [3.05, 3.63) is 23.7 Å². The van der Waals surface area contributed by atoms with E-state index in [2.05, 4.69) is 9.97 Å². The van der Waals surface area contributed by atoms with Crippen molar-refractivity contribution in [3.8, 4) is 5.88 Å². The number of hydrogen-bond donors (Lipinski definition) is 1. The fourth-order valence-electron chi connectivity index (χ4n) is 1.70. The number of ether oxygens (including phenoxy) is 3. The number of carbonyl (C=O) groups is 2. The summed E-state index contributed by atoms with van der Waals surface area (Å²) in [7, 11) is 0. The van der Waals surface area contributed by atoms with Gasteiger partial charge in [0.25, 0.3) is 5.79 Å². The minimum Gasteiger partial charge on any atom is -0.477 e. The van der Waals surface area contributed by atoms with E-state index in [0.29, 0.717) is 6.61 Å². The highest BCUT2D eigenvalue weighted by Crippen LogP contribution is 2.26. The molecular weight excluding hydrogens is 278 g/mol. The highest BCUT2D eigenvalue weighted by Gasteiger charge is 2.41. The van der Waals surface area contributed by atoms with Gasteiger partial charge in [0.1, 0.15) is 5.69 Å². The molecule has 8 heteroatoms. The predicted molar refractivity (Wildman–Crippen MR) is 70.6 cm³/mol. The van der Waals surface area contributed by atoms with Crippen molar-refractivity contribution in [2.45, 2.75) is 26.6 Å². The molecule has 21 heavy (non-hydrogen) atoms. The van der Waals surface area contributed by atoms with Crippen LogP contribution < -0.4 is 10.5 Å². The third-order valence-electron chi connectivity index (χ3n) is 2.54. The fraction of sp³-hybridized carbons (Fsp3) is 0.385. The molecule has 0 bridgehead atoms. The molecule has 1 aromatic heterocycles. The third-order valence-corrected chi connectivity index (χ3v) is 2.54. The van der Waals surface area contributed by atoms with Crippen LogP contribution in [0, 0.1) is 0 Å². The summed E-state index contributed by atoms with van der Waals surface area (Å²) in [6, 6.07) is 0. The van der Waals surface area contributed by atoms with Gasteiger partial charge in [0.05, 0.1) is 24.7 Å². The van der Waals surface area contributed by atoms with E-state index in [1.54, 1.807) is 6.92 Å². The summed E-state index contributed by atoms with van der Waals surface area (Å²) in [4.78, 5) is 31.8. The Morgan fingerprint density at radius 2 is 1.90 bits per heavy atom. The van der Waals surface area contributed by atoms with Gasteiger partial charge in [-0.25, -0.2) is 14.6 Å². The monoisotopic (exact) mass is 293 g/mol. The van der Waals surface area contributed by atoms with E-state index in [4.69, 9.17) is 19.9 Å². The Morgan fingerprint density at radius 3 is 2.48 bits per heavy atom. The predicted octanol–water partition coefficient (Wildman–Crippen LogP) is 0.381. The minimum atomic E-state index is -1.32. The molecule has 2 N–H and O–H groups in total. The van der Waals surface area contributed by atoms with E-state index in [1.165, 1.54) is 26.2 Å². The molecular formula is C13H15N3O5. The maximum atomic E-state index is 11.9. The molecule has 0 saturated carbocycles. The van der Waals surface area contributed by atoms with Crippen LogP contribution in [0.5, 0.6) is 5.88 Å². The van der Waals surface area contributed by atoms with Crippen LogP contribution in [-0.4, -0.2) is 34.3 Å². The van der Waals surface area contributed by atoms with Crippen molar-refractivity contribution in [2.75, 3.05) is 6.61 Å². The molecule has 0 aromatic carbocycles. The summed E-state index contributed by atoms with van der Waals surface area (Å²) in [5.74, 6) is -2.82. The van der Waals surface area contributed by atoms with Gasteiger partial charge >= 0.3 is 11.9 Å². The molecule has 0 unspecified atom stereocenters. The maximum Gasteiger partial charge on any atom is 0.351 e. The van der Waals surface area contributed by atoms with Gasteiger partial charge < -0.3 is 19.9 Å². The van der Waals surface area contributed by atoms with Crippen molar-refractivity contribution in [1.82, 2.24) is 9.97 Å². The quantitative estimate of drug-likeness (QED) is 0.483. The first-order valence-corrected chi connectivity index (χ1v) is 6.25. The van der Waals surface area contributed by atoms with E-state index in [-0.39, 0.29) is 17.3 Å². The lowest BCUT2D eigenvalue weighted by atomic mass is 10.1. The van der Waals surface area contributed by atoms with Crippen molar-refractivity contribution in [2.24, 2.45) is 5.73 Å². The van der Waals surface area contributed by atoms with Crippen LogP contribution in [-0.2, 0) is 19.1 Å². The third kappa shape index (κ3) is 3.10.